The van der Waals surface area contributed by atoms with Gasteiger partial charge in [0, 0.05) is 10.7 Å². The molecule has 1 aromatic heterocycles. The number of hydrogen-bond acceptors (Lipinski definition) is 3. The van der Waals surface area contributed by atoms with Crippen molar-refractivity contribution in [2.75, 3.05) is 0 Å². The summed E-state index contributed by atoms with van der Waals surface area (Å²) >= 11 is 5.94. The van der Waals surface area contributed by atoms with Crippen molar-refractivity contribution in [1.82, 2.24) is 4.98 Å². The summed E-state index contributed by atoms with van der Waals surface area (Å²) < 4.78 is 5.62. The van der Waals surface area contributed by atoms with Crippen LogP contribution in [0.2, 0.25) is 5.02 Å². The van der Waals surface area contributed by atoms with Crippen LogP contribution in [-0.2, 0) is 0 Å². The predicted octanol–water partition coefficient (Wildman–Crippen LogP) is 4.02. The van der Waals surface area contributed by atoms with E-state index in [1.165, 1.54) is 0 Å². The van der Waals surface area contributed by atoms with Gasteiger partial charge in [-0.1, -0.05) is 11.6 Å². The topological polar surface area (TPSA) is 45.9 Å². The summed E-state index contributed by atoms with van der Waals surface area (Å²) in [7, 11) is 0. The molecule has 4 heteroatoms. The second-order valence-electron chi connectivity index (χ2n) is 3.93. The number of nitrogens with zero attached hydrogens (tertiary/aromatic N) is 2. The molecule has 2 rings (SSSR count). The number of pyridine rings is 1. The number of ether oxygens (including phenoxy) is 1. The van der Waals surface area contributed by atoms with Crippen molar-refractivity contribution >= 4 is 11.6 Å². The summed E-state index contributed by atoms with van der Waals surface area (Å²) in [5.41, 5.74) is 2.13. The Morgan fingerprint density at radius 3 is 2.67 bits per heavy atom. The van der Waals surface area contributed by atoms with Gasteiger partial charge in [0.25, 0.3) is 0 Å². The second kappa shape index (κ2) is 5.07. The first-order chi connectivity index (χ1) is 8.60. The Kier molecular flexibility index (Phi) is 3.50. The zero-order chi connectivity index (χ0) is 13.1. The lowest BCUT2D eigenvalue weighted by molar-refractivity contribution is 0.459. The van der Waals surface area contributed by atoms with Gasteiger partial charge in [-0.25, -0.2) is 4.98 Å². The van der Waals surface area contributed by atoms with E-state index in [0.717, 1.165) is 11.3 Å². The molecule has 2 aromatic rings. The minimum atomic E-state index is 0.319. The Bertz CT molecular complexity index is 632. The molecule has 0 radical (unpaired) electrons. The molecule has 0 spiro atoms. The van der Waals surface area contributed by atoms with Gasteiger partial charge < -0.3 is 4.74 Å². The first kappa shape index (κ1) is 12.4. The molecule has 18 heavy (non-hydrogen) atoms. The highest BCUT2D eigenvalue weighted by atomic mass is 35.5. The van der Waals surface area contributed by atoms with Crippen LogP contribution in [0.15, 0.2) is 30.3 Å². The smallest absolute Gasteiger partial charge is 0.237 e. The molecule has 0 saturated carbocycles. The Morgan fingerprint density at radius 2 is 2.00 bits per heavy atom. The van der Waals surface area contributed by atoms with Gasteiger partial charge in [-0.2, -0.15) is 5.26 Å². The van der Waals surface area contributed by atoms with Gasteiger partial charge >= 0.3 is 0 Å². The Hall–Kier alpha value is -2.05. The first-order valence-corrected chi connectivity index (χ1v) is 5.79. The van der Waals surface area contributed by atoms with Gasteiger partial charge in [-0.15, -0.1) is 0 Å². The number of nitriles is 1. The van der Waals surface area contributed by atoms with Crippen LogP contribution in [-0.4, -0.2) is 4.98 Å². The number of benzene rings is 1. The molecule has 1 aromatic carbocycles. The number of hydrogen-bond donors (Lipinski definition) is 0. The van der Waals surface area contributed by atoms with Crippen LogP contribution in [0.25, 0.3) is 0 Å². The molecule has 0 unspecified atom stereocenters. The van der Waals surface area contributed by atoms with E-state index in [1.54, 1.807) is 24.3 Å². The molecular formula is C14H11ClN2O. The maximum Gasteiger partial charge on any atom is 0.237 e. The fourth-order valence-electron chi connectivity index (χ4n) is 1.49. The van der Waals surface area contributed by atoms with Crippen LogP contribution < -0.4 is 4.74 Å². The Morgan fingerprint density at radius 1 is 1.22 bits per heavy atom. The molecule has 0 aliphatic carbocycles. The summed E-state index contributed by atoms with van der Waals surface area (Å²) in [5, 5.41) is 9.68. The number of rotatable bonds is 2. The highest BCUT2D eigenvalue weighted by Gasteiger charge is 2.07. The summed E-state index contributed by atoms with van der Waals surface area (Å²) in [5.74, 6) is 0.936. The summed E-state index contributed by atoms with van der Waals surface area (Å²) in [6.45, 7) is 3.74. The van der Waals surface area contributed by atoms with Gasteiger partial charge in [-0.05, 0) is 49.7 Å². The first-order valence-electron chi connectivity index (χ1n) is 5.42. The van der Waals surface area contributed by atoms with Crippen LogP contribution >= 0.6 is 11.6 Å². The number of aromatic nitrogens is 1. The SMILES string of the molecule is Cc1ccc(C#N)c(Oc2ccc(Cl)c(C)c2)n1. The fraction of sp³-hybridized carbons (Fsp3) is 0.143. The van der Waals surface area contributed by atoms with Crippen LogP contribution in [0.1, 0.15) is 16.8 Å². The Labute approximate surface area is 111 Å². The van der Waals surface area contributed by atoms with Crippen molar-refractivity contribution in [2.24, 2.45) is 0 Å². The Balaban J connectivity index is 2.36. The zero-order valence-corrected chi connectivity index (χ0v) is 10.8. The highest BCUT2D eigenvalue weighted by molar-refractivity contribution is 6.31. The molecule has 0 bridgehead atoms. The summed E-state index contributed by atoms with van der Waals surface area (Å²) in [6, 6.07) is 10.8. The highest BCUT2D eigenvalue weighted by Crippen LogP contribution is 2.26. The van der Waals surface area contributed by atoms with Crippen molar-refractivity contribution in [2.45, 2.75) is 13.8 Å². The van der Waals surface area contributed by atoms with E-state index in [1.807, 2.05) is 19.9 Å². The van der Waals surface area contributed by atoms with Crippen molar-refractivity contribution in [3.63, 3.8) is 0 Å². The van der Waals surface area contributed by atoms with Gasteiger partial charge in [-0.3, -0.25) is 0 Å². The second-order valence-corrected chi connectivity index (χ2v) is 4.34. The van der Waals surface area contributed by atoms with Gasteiger partial charge in [0.15, 0.2) is 0 Å². The van der Waals surface area contributed by atoms with Crippen molar-refractivity contribution in [3.8, 4) is 17.7 Å². The molecule has 3 nitrogen and oxygen atoms in total. The molecule has 0 aliphatic heterocycles. The van der Waals surface area contributed by atoms with Crippen LogP contribution in [0.5, 0.6) is 11.6 Å². The molecule has 0 N–H and O–H groups in total. The zero-order valence-electron chi connectivity index (χ0n) is 10.1. The third kappa shape index (κ3) is 2.61. The van der Waals surface area contributed by atoms with E-state index in [0.29, 0.717) is 22.2 Å². The lowest BCUT2D eigenvalue weighted by Crippen LogP contribution is -1.94. The average Bonchev–Trinajstić information content (AvgIpc) is 2.34. The quantitative estimate of drug-likeness (QED) is 0.817. The van der Waals surface area contributed by atoms with E-state index in [-0.39, 0.29) is 0 Å². The fourth-order valence-corrected chi connectivity index (χ4v) is 1.61. The summed E-state index contributed by atoms with van der Waals surface area (Å²) in [4.78, 5) is 4.21. The van der Waals surface area contributed by atoms with E-state index in [9.17, 15) is 0 Å². The lowest BCUT2D eigenvalue weighted by atomic mass is 10.2. The van der Waals surface area contributed by atoms with E-state index < -0.39 is 0 Å². The standard InChI is InChI=1S/C14H11ClN2O/c1-9-7-12(5-6-13(9)15)18-14-11(8-16)4-3-10(2)17-14/h3-7H,1-2H3. The average molecular weight is 259 g/mol. The molecular weight excluding hydrogens is 248 g/mol. The molecule has 0 amide bonds. The molecule has 0 fully saturated rings. The van der Waals surface area contributed by atoms with Crippen molar-refractivity contribution in [1.29, 1.82) is 5.26 Å². The van der Waals surface area contributed by atoms with E-state index >= 15 is 0 Å². The summed E-state index contributed by atoms with van der Waals surface area (Å²) in [6.07, 6.45) is 0. The largest absolute Gasteiger partial charge is 0.438 e. The molecule has 0 aliphatic rings. The molecule has 1 heterocycles. The molecule has 0 saturated heterocycles. The van der Waals surface area contributed by atoms with Gasteiger partial charge in [0.05, 0.1) is 0 Å². The third-order valence-corrected chi connectivity index (χ3v) is 2.89. The minimum absolute atomic E-state index is 0.319. The minimum Gasteiger partial charge on any atom is -0.438 e. The third-order valence-electron chi connectivity index (χ3n) is 2.46. The lowest BCUT2D eigenvalue weighted by Gasteiger charge is -2.08. The number of aryl methyl sites for hydroxylation is 2. The predicted molar refractivity (Wildman–Crippen MR) is 70.0 cm³/mol. The molecule has 90 valence electrons. The van der Waals surface area contributed by atoms with Crippen molar-refractivity contribution < 1.29 is 4.74 Å². The van der Waals surface area contributed by atoms with Gasteiger partial charge in [0.2, 0.25) is 5.88 Å². The number of halogens is 1. The van der Waals surface area contributed by atoms with E-state index in [4.69, 9.17) is 21.6 Å². The molecule has 0 atom stereocenters. The monoisotopic (exact) mass is 258 g/mol. The van der Waals surface area contributed by atoms with E-state index in [2.05, 4.69) is 11.1 Å². The maximum atomic E-state index is 8.99. The van der Waals surface area contributed by atoms with Gasteiger partial charge in [0.1, 0.15) is 17.4 Å². The normalized spacial score (nSPS) is 9.89. The van der Waals surface area contributed by atoms with Crippen molar-refractivity contribution in [3.05, 3.63) is 52.2 Å². The maximum absolute atomic E-state index is 8.99. The van der Waals surface area contributed by atoms with Crippen LogP contribution in [0.3, 0.4) is 0 Å². The van der Waals surface area contributed by atoms with Crippen LogP contribution in [0.4, 0.5) is 0 Å². The van der Waals surface area contributed by atoms with Crippen LogP contribution in [0, 0.1) is 25.2 Å².